The molecule has 1 atom stereocenters. The Hall–Kier alpha value is -2.11. The van der Waals surface area contributed by atoms with Gasteiger partial charge in [0.2, 0.25) is 0 Å². The maximum absolute atomic E-state index is 13.4. The maximum Gasteiger partial charge on any atom is 0.303 e. The zero-order valence-corrected chi connectivity index (χ0v) is 11.6. The number of piperidine rings is 1. The van der Waals surface area contributed by atoms with E-state index in [1.54, 1.807) is 4.90 Å². The Morgan fingerprint density at radius 1 is 1.33 bits per heavy atom. The minimum atomic E-state index is -0.901. The Bertz CT molecular complexity index is 546. The first-order chi connectivity index (χ1) is 10.0. The van der Waals surface area contributed by atoms with Crippen LogP contribution in [-0.4, -0.2) is 39.6 Å². The molecule has 114 valence electrons. The number of likely N-dealkylation sites (tertiary alicyclic amines) is 1. The summed E-state index contributed by atoms with van der Waals surface area (Å²) in [7, 11) is 0. The third-order valence-corrected chi connectivity index (χ3v) is 3.80. The first kappa shape index (κ1) is 15.3. The molecule has 0 bridgehead atoms. The van der Waals surface area contributed by atoms with E-state index in [-0.39, 0.29) is 18.0 Å². The summed E-state index contributed by atoms with van der Waals surface area (Å²) in [5.74, 6) is -2.83. The Morgan fingerprint density at radius 3 is 2.81 bits per heavy atom. The first-order valence-electron chi connectivity index (χ1n) is 7.01. The topological polar surface area (TPSA) is 77.8 Å². The third-order valence-electron chi connectivity index (χ3n) is 3.80. The van der Waals surface area contributed by atoms with Gasteiger partial charge in [-0.1, -0.05) is 6.07 Å². The highest BCUT2D eigenvalue weighted by Gasteiger charge is 2.29. The highest BCUT2D eigenvalue weighted by atomic mass is 19.1. The molecule has 1 aliphatic heterocycles. The summed E-state index contributed by atoms with van der Waals surface area (Å²) in [5, 5.41) is 18.5. The summed E-state index contributed by atoms with van der Waals surface area (Å²) >= 11 is 0. The molecule has 0 saturated carbocycles. The van der Waals surface area contributed by atoms with Gasteiger partial charge in [0, 0.05) is 19.0 Å². The van der Waals surface area contributed by atoms with Crippen molar-refractivity contribution in [3.63, 3.8) is 0 Å². The van der Waals surface area contributed by atoms with Crippen LogP contribution in [0.4, 0.5) is 4.39 Å². The zero-order chi connectivity index (χ0) is 15.4. The van der Waals surface area contributed by atoms with Crippen molar-refractivity contribution >= 4 is 11.9 Å². The van der Waals surface area contributed by atoms with Crippen molar-refractivity contribution in [1.82, 2.24) is 4.90 Å². The summed E-state index contributed by atoms with van der Waals surface area (Å²) in [6.07, 6.45) is 2.85. The van der Waals surface area contributed by atoms with E-state index in [1.165, 1.54) is 12.1 Å². The number of aliphatic carboxylic acids is 1. The molecular weight excluding hydrogens is 277 g/mol. The number of benzene rings is 1. The zero-order valence-electron chi connectivity index (χ0n) is 11.6. The van der Waals surface area contributed by atoms with E-state index in [4.69, 9.17) is 5.11 Å². The second-order valence-electron chi connectivity index (χ2n) is 5.22. The van der Waals surface area contributed by atoms with E-state index in [0.29, 0.717) is 13.0 Å². The molecular formula is C15H18FNO4. The van der Waals surface area contributed by atoms with Gasteiger partial charge in [0.25, 0.3) is 5.91 Å². The van der Waals surface area contributed by atoms with Gasteiger partial charge in [0.15, 0.2) is 11.6 Å². The predicted molar refractivity (Wildman–Crippen MR) is 73.6 cm³/mol. The summed E-state index contributed by atoms with van der Waals surface area (Å²) in [4.78, 5) is 24.7. The van der Waals surface area contributed by atoms with Gasteiger partial charge in [-0.25, -0.2) is 4.39 Å². The summed E-state index contributed by atoms with van der Waals surface area (Å²) in [6.45, 7) is 0.499. The third kappa shape index (κ3) is 3.51. The lowest BCUT2D eigenvalue weighted by molar-refractivity contribution is -0.137. The van der Waals surface area contributed by atoms with Crippen molar-refractivity contribution in [3.05, 3.63) is 29.6 Å². The number of carbonyl (C=O) groups is 2. The molecule has 0 aliphatic carbocycles. The molecule has 1 fully saturated rings. The number of halogens is 1. The number of aromatic hydroxyl groups is 1. The number of carboxylic acids is 1. The van der Waals surface area contributed by atoms with Crippen LogP contribution in [0.1, 0.15) is 42.5 Å². The minimum Gasteiger partial charge on any atom is -0.504 e. The van der Waals surface area contributed by atoms with Gasteiger partial charge < -0.3 is 15.1 Å². The lowest BCUT2D eigenvalue weighted by Crippen LogP contribution is -2.44. The molecule has 2 rings (SSSR count). The number of carbonyl (C=O) groups excluding carboxylic acids is 1. The molecule has 0 radical (unpaired) electrons. The van der Waals surface area contributed by atoms with Gasteiger partial charge in [-0.05, 0) is 37.8 Å². The molecule has 1 aromatic rings. The van der Waals surface area contributed by atoms with Crippen LogP contribution in [0.5, 0.6) is 5.75 Å². The quantitative estimate of drug-likeness (QED) is 0.894. The molecule has 0 unspecified atom stereocenters. The number of nitrogens with zero attached hydrogens (tertiary/aromatic N) is 1. The van der Waals surface area contributed by atoms with Crippen LogP contribution < -0.4 is 0 Å². The Labute approximate surface area is 122 Å². The Balaban J connectivity index is 2.18. The number of hydrogen-bond acceptors (Lipinski definition) is 3. The van der Waals surface area contributed by atoms with Crippen molar-refractivity contribution < 1.29 is 24.2 Å². The van der Waals surface area contributed by atoms with E-state index in [1.807, 2.05) is 0 Å². The summed E-state index contributed by atoms with van der Waals surface area (Å²) in [5.41, 5.74) is -0.0720. The first-order valence-corrected chi connectivity index (χ1v) is 7.01. The van der Waals surface area contributed by atoms with Crippen LogP contribution in [-0.2, 0) is 4.79 Å². The van der Waals surface area contributed by atoms with Crippen LogP contribution >= 0.6 is 0 Å². The van der Waals surface area contributed by atoms with Crippen molar-refractivity contribution in [2.24, 2.45) is 0 Å². The highest BCUT2D eigenvalue weighted by molar-refractivity contribution is 5.97. The molecule has 0 aromatic heterocycles. The van der Waals surface area contributed by atoms with Crippen LogP contribution in [0.15, 0.2) is 18.2 Å². The second-order valence-corrected chi connectivity index (χ2v) is 5.22. The number of carboxylic acid groups (broad SMARTS) is 1. The van der Waals surface area contributed by atoms with Gasteiger partial charge in [0.05, 0.1) is 5.56 Å². The van der Waals surface area contributed by atoms with Gasteiger partial charge in [-0.3, -0.25) is 9.59 Å². The SMILES string of the molecule is O=C(O)CC[C@@H]1CCCCN1C(=O)c1cccc(F)c1O. The maximum atomic E-state index is 13.4. The number of phenols is 1. The number of para-hydroxylation sites is 1. The standard InChI is InChI=1S/C15H18FNO4/c16-12-6-3-5-11(14(12)20)15(21)17-9-2-1-4-10(17)7-8-13(18)19/h3,5-6,10,20H,1-2,4,7-9H2,(H,18,19)/t10-/m0/s1. The fourth-order valence-electron chi connectivity index (χ4n) is 2.70. The molecule has 1 heterocycles. The monoisotopic (exact) mass is 295 g/mol. The van der Waals surface area contributed by atoms with Crippen molar-refractivity contribution in [3.8, 4) is 5.75 Å². The molecule has 2 N–H and O–H groups in total. The Morgan fingerprint density at radius 2 is 2.10 bits per heavy atom. The largest absolute Gasteiger partial charge is 0.504 e. The summed E-state index contributed by atoms with van der Waals surface area (Å²) in [6, 6.07) is 3.66. The Kier molecular flexibility index (Phi) is 4.77. The molecule has 0 spiro atoms. The van der Waals surface area contributed by atoms with Crippen LogP contribution in [0, 0.1) is 5.82 Å². The lowest BCUT2D eigenvalue weighted by Gasteiger charge is -2.35. The molecule has 6 heteroatoms. The number of rotatable bonds is 4. The van der Waals surface area contributed by atoms with Crippen molar-refractivity contribution in [2.75, 3.05) is 6.54 Å². The van der Waals surface area contributed by atoms with E-state index in [9.17, 15) is 19.1 Å². The van der Waals surface area contributed by atoms with Gasteiger partial charge in [-0.2, -0.15) is 0 Å². The van der Waals surface area contributed by atoms with Crippen LogP contribution in [0.3, 0.4) is 0 Å². The van der Waals surface area contributed by atoms with E-state index < -0.39 is 23.4 Å². The molecule has 5 nitrogen and oxygen atoms in total. The average molecular weight is 295 g/mol. The molecule has 21 heavy (non-hydrogen) atoms. The normalized spacial score (nSPS) is 18.5. The summed E-state index contributed by atoms with van der Waals surface area (Å²) < 4.78 is 13.4. The number of phenolic OH excluding ortho intramolecular Hbond substituents is 1. The van der Waals surface area contributed by atoms with Gasteiger partial charge >= 0.3 is 5.97 Å². The fourth-order valence-corrected chi connectivity index (χ4v) is 2.70. The molecule has 1 aromatic carbocycles. The minimum absolute atomic E-state index is 0.0103. The van der Waals surface area contributed by atoms with Crippen molar-refractivity contribution in [2.45, 2.75) is 38.1 Å². The van der Waals surface area contributed by atoms with E-state index in [0.717, 1.165) is 25.3 Å². The number of hydrogen-bond donors (Lipinski definition) is 2. The molecule has 1 amide bonds. The predicted octanol–water partition coefficient (Wildman–Crippen LogP) is 2.39. The van der Waals surface area contributed by atoms with Gasteiger partial charge in [-0.15, -0.1) is 0 Å². The van der Waals surface area contributed by atoms with Crippen LogP contribution in [0.25, 0.3) is 0 Å². The second kappa shape index (κ2) is 6.56. The van der Waals surface area contributed by atoms with E-state index >= 15 is 0 Å². The fraction of sp³-hybridized carbons (Fsp3) is 0.467. The average Bonchev–Trinajstić information content (AvgIpc) is 2.47. The molecule has 1 saturated heterocycles. The van der Waals surface area contributed by atoms with Crippen molar-refractivity contribution in [1.29, 1.82) is 0 Å². The smallest absolute Gasteiger partial charge is 0.303 e. The van der Waals surface area contributed by atoms with Crippen LogP contribution in [0.2, 0.25) is 0 Å². The molecule has 1 aliphatic rings. The lowest BCUT2D eigenvalue weighted by atomic mass is 9.96. The highest BCUT2D eigenvalue weighted by Crippen LogP contribution is 2.27. The number of amides is 1. The van der Waals surface area contributed by atoms with Gasteiger partial charge in [0.1, 0.15) is 0 Å². The van der Waals surface area contributed by atoms with E-state index in [2.05, 4.69) is 0 Å².